The second-order valence-corrected chi connectivity index (χ2v) is 11.4. The predicted octanol–water partition coefficient (Wildman–Crippen LogP) is 7.94. The van der Waals surface area contributed by atoms with Crippen LogP contribution in [0.5, 0.6) is 0 Å². The van der Waals surface area contributed by atoms with Crippen molar-refractivity contribution >= 4 is 68.3 Å². The summed E-state index contributed by atoms with van der Waals surface area (Å²) in [7, 11) is 3.06. The van der Waals surface area contributed by atoms with Crippen LogP contribution in [-0.4, -0.2) is 38.0 Å². The van der Waals surface area contributed by atoms with Gasteiger partial charge in [-0.05, 0) is 79.8 Å². The average Bonchev–Trinajstić information content (AvgIpc) is 3.08. The molecule has 0 unspecified atom stereocenters. The molecule has 4 aromatic rings. The van der Waals surface area contributed by atoms with Crippen molar-refractivity contribution in [2.24, 2.45) is 0 Å². The van der Waals surface area contributed by atoms with E-state index >= 15 is 0 Å². The van der Waals surface area contributed by atoms with E-state index in [1.165, 1.54) is 27.7 Å². The lowest BCUT2D eigenvalue weighted by molar-refractivity contribution is 0.291. The fraction of sp³-hybridized carbons (Fsp3) is 0.167. The third-order valence-electron chi connectivity index (χ3n) is 7.25. The van der Waals surface area contributed by atoms with Gasteiger partial charge in [0.1, 0.15) is 11.6 Å². The SMILES string of the molecule is Br/C=C\N(/C=C\Br)c1ccccn1.COB(OC)c1c(C)cccc1C.Cc1cccc(C)c1B1C=CN(c2ccccn2)C=C1. The lowest BCUT2D eigenvalue weighted by Crippen LogP contribution is -2.38. The molecule has 0 amide bonds. The minimum absolute atomic E-state index is 0.249. The Labute approximate surface area is 292 Å². The molecule has 3 heterocycles. The van der Waals surface area contributed by atoms with Crippen molar-refractivity contribution in [3.63, 3.8) is 0 Å². The first-order chi connectivity index (χ1) is 22.3. The third-order valence-corrected chi connectivity index (χ3v) is 7.72. The van der Waals surface area contributed by atoms with Crippen molar-refractivity contribution in [3.8, 4) is 0 Å². The standard InChI is InChI=1S/C17H17BN2.C10H15BO2.C9H8Br2N2/c1-14-6-5-7-15(2)17(14)18-9-12-20(13-10-18)16-8-3-4-11-19-16;1-8-6-5-7-9(2)10(8)11(12-3)13-4;10-4-7-13(8-5-11)9-3-1-2-6-12-9/h3-13H,1-2H3;5-7H,1-4H3;1-8H/b;;7-4-,8-5-. The van der Waals surface area contributed by atoms with Gasteiger partial charge in [0.25, 0.3) is 0 Å². The van der Waals surface area contributed by atoms with E-state index in [4.69, 9.17) is 9.31 Å². The van der Waals surface area contributed by atoms with Gasteiger partial charge in [-0.3, -0.25) is 0 Å². The van der Waals surface area contributed by atoms with Crippen LogP contribution < -0.4 is 20.7 Å². The van der Waals surface area contributed by atoms with E-state index in [1.54, 1.807) is 30.4 Å². The normalized spacial score (nSPS) is 12.1. The molecule has 0 atom stereocenters. The van der Waals surface area contributed by atoms with Crippen molar-refractivity contribution in [3.05, 3.63) is 154 Å². The summed E-state index contributed by atoms with van der Waals surface area (Å²) < 4.78 is 10.4. The molecule has 1 aliphatic rings. The van der Waals surface area contributed by atoms with E-state index in [9.17, 15) is 0 Å². The summed E-state index contributed by atoms with van der Waals surface area (Å²) in [5.41, 5.74) is 7.63. The number of benzene rings is 2. The van der Waals surface area contributed by atoms with Crippen molar-refractivity contribution in [2.45, 2.75) is 27.7 Å². The van der Waals surface area contributed by atoms with E-state index in [-0.39, 0.29) is 7.12 Å². The number of aryl methyl sites for hydroxylation is 4. The number of halogens is 2. The Bertz CT molecular complexity index is 1550. The highest BCUT2D eigenvalue weighted by molar-refractivity contribution is 9.11. The predicted molar refractivity (Wildman–Crippen MR) is 204 cm³/mol. The van der Waals surface area contributed by atoms with E-state index in [0.717, 1.165) is 17.1 Å². The first-order valence-corrected chi connectivity index (χ1v) is 16.6. The summed E-state index contributed by atoms with van der Waals surface area (Å²) in [6, 6.07) is 24.3. The van der Waals surface area contributed by atoms with Crippen molar-refractivity contribution in [1.82, 2.24) is 9.97 Å². The zero-order valence-corrected chi connectivity index (χ0v) is 30.4. The topological polar surface area (TPSA) is 50.7 Å². The van der Waals surface area contributed by atoms with Crippen molar-refractivity contribution in [1.29, 1.82) is 0 Å². The molecule has 0 bridgehead atoms. The molecule has 1 aliphatic heterocycles. The summed E-state index contributed by atoms with van der Waals surface area (Å²) in [5.74, 6) is 6.27. The molecular formula is C36H40B2Br2N4O2. The fourth-order valence-corrected chi connectivity index (χ4v) is 5.56. The first kappa shape index (κ1) is 36.8. The van der Waals surface area contributed by atoms with Gasteiger partial charge >= 0.3 is 7.12 Å². The Kier molecular flexibility index (Phi) is 15.8. The highest BCUT2D eigenvalue weighted by Crippen LogP contribution is 2.15. The van der Waals surface area contributed by atoms with Gasteiger partial charge in [-0.1, -0.05) is 120 Å². The second-order valence-electron chi connectivity index (χ2n) is 10.4. The molecule has 0 radical (unpaired) electrons. The molecular weight excluding hydrogens is 702 g/mol. The number of nitrogens with zero attached hydrogens (tertiary/aromatic N) is 4. The minimum atomic E-state index is -0.249. The maximum atomic E-state index is 5.22. The highest BCUT2D eigenvalue weighted by Gasteiger charge is 2.22. The molecule has 0 N–H and O–H groups in total. The second kappa shape index (κ2) is 19.7. The number of pyridine rings is 2. The zero-order chi connectivity index (χ0) is 33.3. The van der Waals surface area contributed by atoms with Crippen LogP contribution in [-0.2, 0) is 9.31 Å². The van der Waals surface area contributed by atoms with E-state index < -0.39 is 0 Å². The molecule has 0 aliphatic carbocycles. The highest BCUT2D eigenvalue weighted by atomic mass is 79.9. The molecule has 46 heavy (non-hydrogen) atoms. The van der Waals surface area contributed by atoms with Crippen LogP contribution in [0.3, 0.4) is 0 Å². The molecule has 2 aromatic carbocycles. The van der Waals surface area contributed by atoms with Gasteiger partial charge in [-0.2, -0.15) is 0 Å². The Morgan fingerprint density at radius 2 is 1.22 bits per heavy atom. The number of hydrogen-bond acceptors (Lipinski definition) is 6. The quantitative estimate of drug-likeness (QED) is 0.171. The minimum Gasteiger partial charge on any atom is -0.410 e. The van der Waals surface area contributed by atoms with Gasteiger partial charge in [-0.25, -0.2) is 9.97 Å². The lowest BCUT2D eigenvalue weighted by Gasteiger charge is -2.21. The van der Waals surface area contributed by atoms with Crippen LogP contribution in [0, 0.1) is 27.7 Å². The average molecular weight is 742 g/mol. The Morgan fingerprint density at radius 1 is 0.696 bits per heavy atom. The smallest absolute Gasteiger partial charge is 0.410 e. The lowest BCUT2D eigenvalue weighted by atomic mass is 9.43. The molecule has 0 fully saturated rings. The monoisotopic (exact) mass is 740 g/mol. The van der Waals surface area contributed by atoms with Gasteiger partial charge < -0.3 is 19.1 Å². The molecule has 0 saturated carbocycles. The van der Waals surface area contributed by atoms with Crippen LogP contribution in [0.4, 0.5) is 11.6 Å². The van der Waals surface area contributed by atoms with Gasteiger partial charge in [-0.15, -0.1) is 0 Å². The number of anilines is 2. The van der Waals surface area contributed by atoms with Gasteiger partial charge in [0, 0.05) is 39.0 Å². The molecule has 0 saturated heterocycles. The summed E-state index contributed by atoms with van der Waals surface area (Å²) >= 11 is 6.44. The fourth-order valence-electron chi connectivity index (χ4n) is 5.05. The van der Waals surface area contributed by atoms with E-state index in [2.05, 4.69) is 124 Å². The van der Waals surface area contributed by atoms with Crippen molar-refractivity contribution < 1.29 is 9.31 Å². The van der Waals surface area contributed by atoms with Gasteiger partial charge in [0.05, 0.1) is 0 Å². The van der Waals surface area contributed by atoms with Crippen LogP contribution in [0.15, 0.2) is 132 Å². The summed E-state index contributed by atoms with van der Waals surface area (Å²) in [5, 5.41) is 0. The van der Waals surface area contributed by atoms with Gasteiger partial charge in [0.15, 0.2) is 0 Å². The molecule has 0 spiro atoms. The molecule has 2 aromatic heterocycles. The molecule has 10 heteroatoms. The molecule has 6 nitrogen and oxygen atoms in total. The maximum Gasteiger partial charge on any atom is 0.493 e. The van der Waals surface area contributed by atoms with Crippen molar-refractivity contribution in [2.75, 3.05) is 24.0 Å². The van der Waals surface area contributed by atoms with E-state index in [0.29, 0.717) is 6.71 Å². The summed E-state index contributed by atoms with van der Waals surface area (Å²) in [4.78, 5) is 16.0. The third kappa shape index (κ3) is 10.7. The Balaban J connectivity index is 0.000000196. The van der Waals surface area contributed by atoms with Crippen LogP contribution in [0.2, 0.25) is 0 Å². The van der Waals surface area contributed by atoms with Crippen LogP contribution in [0.1, 0.15) is 22.3 Å². The molecule has 236 valence electrons. The summed E-state index contributed by atoms with van der Waals surface area (Å²) in [6.07, 6.45) is 11.5. The number of aromatic nitrogens is 2. The first-order valence-electron chi connectivity index (χ1n) is 14.8. The number of hydrogen-bond donors (Lipinski definition) is 0. The largest absolute Gasteiger partial charge is 0.493 e. The Morgan fingerprint density at radius 3 is 1.67 bits per heavy atom. The summed E-state index contributed by atoms with van der Waals surface area (Å²) in [6.45, 7) is 8.82. The zero-order valence-electron chi connectivity index (χ0n) is 27.2. The number of rotatable bonds is 8. The van der Waals surface area contributed by atoms with Crippen LogP contribution in [0.25, 0.3) is 0 Å². The van der Waals surface area contributed by atoms with Gasteiger partial charge in [0.2, 0.25) is 6.71 Å². The maximum absolute atomic E-state index is 5.22. The van der Waals surface area contributed by atoms with E-state index in [1.807, 2.05) is 70.9 Å². The van der Waals surface area contributed by atoms with Crippen LogP contribution >= 0.6 is 31.9 Å². The molecule has 5 rings (SSSR count). The Hall–Kier alpha value is -3.69.